The molecule has 1 atom stereocenters. The summed E-state index contributed by atoms with van der Waals surface area (Å²) < 4.78 is 0. The first-order chi connectivity index (χ1) is 8.69. The van der Waals surface area contributed by atoms with Crippen LogP contribution >= 0.6 is 0 Å². The molecule has 2 heterocycles. The van der Waals surface area contributed by atoms with E-state index >= 15 is 0 Å². The van der Waals surface area contributed by atoms with Crippen molar-refractivity contribution in [3.63, 3.8) is 0 Å². The second-order valence-corrected chi connectivity index (χ2v) is 5.34. The van der Waals surface area contributed by atoms with Crippen LogP contribution in [-0.4, -0.2) is 48.0 Å². The van der Waals surface area contributed by atoms with Crippen molar-refractivity contribution in [2.75, 3.05) is 27.2 Å². The average molecular weight is 248 g/mol. The minimum Gasteiger partial charge on any atom is -0.326 e. The molecule has 0 radical (unpaired) electrons. The van der Waals surface area contributed by atoms with Crippen LogP contribution in [0.1, 0.15) is 24.1 Å². The molecular weight excluding hydrogens is 224 g/mol. The summed E-state index contributed by atoms with van der Waals surface area (Å²) >= 11 is 0. The summed E-state index contributed by atoms with van der Waals surface area (Å²) in [4.78, 5) is 9.30. The highest BCUT2D eigenvalue weighted by Crippen LogP contribution is 2.15. The molecule has 100 valence electrons. The molecule has 1 aromatic rings. The van der Waals surface area contributed by atoms with E-state index in [0.29, 0.717) is 12.6 Å². The number of likely N-dealkylation sites (tertiary alicyclic amines) is 1. The Morgan fingerprint density at radius 2 is 2.33 bits per heavy atom. The van der Waals surface area contributed by atoms with E-state index in [1.807, 2.05) is 6.20 Å². The van der Waals surface area contributed by atoms with Crippen molar-refractivity contribution in [2.24, 2.45) is 5.73 Å². The van der Waals surface area contributed by atoms with Crippen molar-refractivity contribution in [1.82, 2.24) is 14.8 Å². The normalized spacial score (nSPS) is 21.4. The topological polar surface area (TPSA) is 45.4 Å². The fraction of sp³-hybridized carbons (Fsp3) is 0.643. The van der Waals surface area contributed by atoms with Gasteiger partial charge in [0.25, 0.3) is 0 Å². The fourth-order valence-electron chi connectivity index (χ4n) is 2.55. The van der Waals surface area contributed by atoms with Gasteiger partial charge in [-0.1, -0.05) is 6.07 Å². The highest BCUT2D eigenvalue weighted by molar-refractivity contribution is 5.13. The predicted octanol–water partition coefficient (Wildman–Crippen LogP) is 1.07. The Labute approximate surface area is 110 Å². The first kappa shape index (κ1) is 13.5. The quantitative estimate of drug-likeness (QED) is 0.865. The standard InChI is InChI=1S/C14H24N4/c1-17-7-3-4-14(11-17)18(2)10-13-6-5-12(8-15)9-16-13/h5-6,9,14H,3-4,7-8,10-11,15H2,1-2H3. The monoisotopic (exact) mass is 248 g/mol. The van der Waals surface area contributed by atoms with Crippen LogP contribution in [0.15, 0.2) is 18.3 Å². The first-order valence-electron chi connectivity index (χ1n) is 6.71. The lowest BCUT2D eigenvalue weighted by molar-refractivity contribution is 0.128. The maximum Gasteiger partial charge on any atom is 0.0544 e. The molecule has 1 aromatic heterocycles. The van der Waals surface area contributed by atoms with E-state index in [-0.39, 0.29) is 0 Å². The molecule has 2 N–H and O–H groups in total. The maximum absolute atomic E-state index is 5.58. The predicted molar refractivity (Wildman–Crippen MR) is 74.1 cm³/mol. The molecule has 18 heavy (non-hydrogen) atoms. The van der Waals surface area contributed by atoms with Gasteiger partial charge in [-0.15, -0.1) is 0 Å². The summed E-state index contributed by atoms with van der Waals surface area (Å²) in [6.07, 6.45) is 4.48. The number of aromatic nitrogens is 1. The van der Waals surface area contributed by atoms with Gasteiger partial charge in [0.05, 0.1) is 5.69 Å². The van der Waals surface area contributed by atoms with Crippen LogP contribution in [0.5, 0.6) is 0 Å². The Morgan fingerprint density at radius 3 is 2.94 bits per heavy atom. The lowest BCUT2D eigenvalue weighted by Crippen LogP contribution is -2.44. The summed E-state index contributed by atoms with van der Waals surface area (Å²) in [5.74, 6) is 0. The molecule has 1 saturated heterocycles. The molecule has 1 aliphatic rings. The Bertz CT molecular complexity index is 363. The minimum absolute atomic E-state index is 0.566. The molecule has 1 fully saturated rings. The first-order valence-corrected chi connectivity index (χ1v) is 6.71. The van der Waals surface area contributed by atoms with Gasteiger partial charge in [-0.05, 0) is 45.1 Å². The summed E-state index contributed by atoms with van der Waals surface area (Å²) in [6.45, 7) is 3.88. The molecule has 0 bridgehead atoms. The van der Waals surface area contributed by atoms with Crippen molar-refractivity contribution < 1.29 is 0 Å². The molecule has 0 aromatic carbocycles. The van der Waals surface area contributed by atoms with Gasteiger partial charge >= 0.3 is 0 Å². The molecule has 4 heteroatoms. The van der Waals surface area contributed by atoms with Gasteiger partial charge in [-0.3, -0.25) is 9.88 Å². The fourth-order valence-corrected chi connectivity index (χ4v) is 2.55. The molecule has 2 rings (SSSR count). The zero-order valence-corrected chi connectivity index (χ0v) is 11.5. The van der Waals surface area contributed by atoms with Crippen molar-refractivity contribution in [3.05, 3.63) is 29.6 Å². The Hall–Kier alpha value is -0.970. The smallest absolute Gasteiger partial charge is 0.0544 e. The summed E-state index contributed by atoms with van der Waals surface area (Å²) in [5.41, 5.74) is 7.80. The summed E-state index contributed by atoms with van der Waals surface area (Å²) in [6, 6.07) is 4.81. The number of nitrogens with two attached hydrogens (primary N) is 1. The van der Waals surface area contributed by atoms with Crippen LogP contribution in [0, 0.1) is 0 Å². The molecule has 4 nitrogen and oxygen atoms in total. The van der Waals surface area contributed by atoms with E-state index in [1.165, 1.54) is 19.4 Å². The van der Waals surface area contributed by atoms with Crippen LogP contribution in [0.2, 0.25) is 0 Å². The second kappa shape index (κ2) is 6.27. The van der Waals surface area contributed by atoms with Gasteiger partial charge in [-0.25, -0.2) is 0 Å². The zero-order chi connectivity index (χ0) is 13.0. The molecule has 1 aliphatic heterocycles. The maximum atomic E-state index is 5.58. The van der Waals surface area contributed by atoms with Crippen molar-refractivity contribution in [3.8, 4) is 0 Å². The number of pyridine rings is 1. The summed E-state index contributed by atoms with van der Waals surface area (Å²) in [7, 11) is 4.40. The number of piperidine rings is 1. The highest BCUT2D eigenvalue weighted by atomic mass is 15.2. The zero-order valence-electron chi connectivity index (χ0n) is 11.5. The molecule has 1 unspecified atom stereocenters. The van der Waals surface area contributed by atoms with Gasteiger partial charge in [-0.2, -0.15) is 0 Å². The molecular formula is C14H24N4. The highest BCUT2D eigenvalue weighted by Gasteiger charge is 2.21. The lowest BCUT2D eigenvalue weighted by Gasteiger charge is -2.35. The number of likely N-dealkylation sites (N-methyl/N-ethyl adjacent to an activating group) is 2. The van der Waals surface area contributed by atoms with Gasteiger partial charge < -0.3 is 10.6 Å². The molecule has 0 amide bonds. The van der Waals surface area contributed by atoms with Crippen molar-refractivity contribution in [1.29, 1.82) is 0 Å². The third kappa shape index (κ3) is 3.51. The van der Waals surface area contributed by atoms with Crippen LogP contribution in [0.4, 0.5) is 0 Å². The second-order valence-electron chi connectivity index (χ2n) is 5.34. The largest absolute Gasteiger partial charge is 0.326 e. The van der Waals surface area contributed by atoms with Crippen LogP contribution in [0.3, 0.4) is 0 Å². The van der Waals surface area contributed by atoms with E-state index in [9.17, 15) is 0 Å². The minimum atomic E-state index is 0.566. The third-order valence-electron chi connectivity index (χ3n) is 3.76. The van der Waals surface area contributed by atoms with Crippen LogP contribution in [-0.2, 0) is 13.1 Å². The Balaban J connectivity index is 1.91. The van der Waals surface area contributed by atoms with Gasteiger partial charge in [0.2, 0.25) is 0 Å². The van der Waals surface area contributed by atoms with Crippen molar-refractivity contribution in [2.45, 2.75) is 32.0 Å². The third-order valence-corrected chi connectivity index (χ3v) is 3.76. The van der Waals surface area contributed by atoms with Crippen LogP contribution < -0.4 is 5.73 Å². The summed E-state index contributed by atoms with van der Waals surface area (Å²) in [5, 5.41) is 0. The van der Waals surface area contributed by atoms with E-state index in [2.05, 4.69) is 41.0 Å². The Morgan fingerprint density at radius 1 is 1.50 bits per heavy atom. The number of hydrogen-bond donors (Lipinski definition) is 1. The van der Waals surface area contributed by atoms with E-state index in [0.717, 1.165) is 24.3 Å². The molecule has 0 spiro atoms. The van der Waals surface area contributed by atoms with Crippen LogP contribution in [0.25, 0.3) is 0 Å². The number of rotatable bonds is 4. The lowest BCUT2D eigenvalue weighted by atomic mass is 10.0. The van der Waals surface area contributed by atoms with Crippen molar-refractivity contribution >= 4 is 0 Å². The van der Waals surface area contributed by atoms with E-state index < -0.39 is 0 Å². The van der Waals surface area contributed by atoms with E-state index in [1.54, 1.807) is 0 Å². The Kier molecular flexibility index (Phi) is 4.69. The number of hydrogen-bond acceptors (Lipinski definition) is 4. The molecule has 0 saturated carbocycles. The van der Waals surface area contributed by atoms with Gasteiger partial charge in [0, 0.05) is 31.9 Å². The number of nitrogens with zero attached hydrogens (tertiary/aromatic N) is 3. The average Bonchev–Trinajstić information content (AvgIpc) is 2.39. The molecule has 0 aliphatic carbocycles. The van der Waals surface area contributed by atoms with Gasteiger partial charge in [0.15, 0.2) is 0 Å². The van der Waals surface area contributed by atoms with Gasteiger partial charge in [0.1, 0.15) is 0 Å². The van der Waals surface area contributed by atoms with E-state index in [4.69, 9.17) is 5.73 Å². The SMILES string of the molecule is CN1CCCC(N(C)Cc2ccc(CN)cn2)C1.